The van der Waals surface area contributed by atoms with Crippen molar-refractivity contribution in [3.8, 4) is 0 Å². The number of benzene rings is 2. The number of sulfonamides is 1. The maximum atomic E-state index is 12.6. The van der Waals surface area contributed by atoms with Crippen LogP contribution in [0.25, 0.3) is 22.6 Å². The number of rotatable bonds is 7. The number of anilines is 1. The van der Waals surface area contributed by atoms with Gasteiger partial charge in [0, 0.05) is 27.1 Å². The van der Waals surface area contributed by atoms with E-state index in [9.17, 15) is 23.1 Å². The van der Waals surface area contributed by atoms with Crippen molar-refractivity contribution < 1.29 is 27.9 Å². The van der Waals surface area contributed by atoms with Crippen LogP contribution < -0.4 is 4.72 Å². The van der Waals surface area contributed by atoms with E-state index in [4.69, 9.17) is 27.9 Å². The van der Waals surface area contributed by atoms with Gasteiger partial charge in [-0.2, -0.15) is 0 Å². The minimum atomic E-state index is -3.68. The number of hydrogen-bond acceptors (Lipinski definition) is 5. The van der Waals surface area contributed by atoms with Gasteiger partial charge in [-0.15, -0.1) is 0 Å². The van der Waals surface area contributed by atoms with Gasteiger partial charge < -0.3 is 14.8 Å². The van der Waals surface area contributed by atoms with E-state index in [-0.39, 0.29) is 39.7 Å². The van der Waals surface area contributed by atoms with Crippen LogP contribution in [-0.4, -0.2) is 43.3 Å². The quantitative estimate of drug-likeness (QED) is 0.322. The molecule has 8 nitrogen and oxygen atoms in total. The second-order valence-corrected chi connectivity index (χ2v) is 9.32. The van der Waals surface area contributed by atoms with Gasteiger partial charge in [-0.1, -0.05) is 41.4 Å². The van der Waals surface area contributed by atoms with Gasteiger partial charge in [0.15, 0.2) is 0 Å². The van der Waals surface area contributed by atoms with E-state index in [0.29, 0.717) is 15.9 Å². The Hall–Kier alpha value is -3.01. The number of carboxylic acid groups (broad SMARTS) is 1. The highest BCUT2D eigenvalue weighted by Gasteiger charge is 2.23. The highest BCUT2D eigenvalue weighted by Crippen LogP contribution is 2.36. The van der Waals surface area contributed by atoms with E-state index in [1.165, 1.54) is 24.3 Å². The molecule has 0 spiro atoms. The lowest BCUT2D eigenvalue weighted by Crippen LogP contribution is -2.12. The van der Waals surface area contributed by atoms with E-state index in [2.05, 4.69) is 9.71 Å². The molecule has 0 fully saturated rings. The number of nitrogens with one attached hydrogen (secondary N) is 2. The summed E-state index contributed by atoms with van der Waals surface area (Å²) in [5.41, 5.74) is 0.457. The van der Waals surface area contributed by atoms with Crippen molar-refractivity contribution in [2.24, 2.45) is 0 Å². The molecule has 2 aromatic carbocycles. The van der Waals surface area contributed by atoms with Gasteiger partial charge in [0.2, 0.25) is 10.0 Å². The normalized spacial score (nSPS) is 12.1. The van der Waals surface area contributed by atoms with Gasteiger partial charge in [-0.3, -0.25) is 4.72 Å². The van der Waals surface area contributed by atoms with E-state index >= 15 is 0 Å². The first-order valence-electron chi connectivity index (χ1n) is 9.21. The number of fused-ring (bicyclic) bond motifs is 1. The fourth-order valence-corrected chi connectivity index (χ4v) is 4.36. The summed E-state index contributed by atoms with van der Waals surface area (Å²) in [6.07, 6.45) is 2.20. The fraction of sp³-hybridized carbons (Fsp3) is 0.143. The Morgan fingerprint density at radius 2 is 1.91 bits per heavy atom. The van der Waals surface area contributed by atoms with Crippen LogP contribution in [0.3, 0.4) is 0 Å². The summed E-state index contributed by atoms with van der Waals surface area (Å²) in [7, 11) is -3.68. The fourth-order valence-electron chi connectivity index (χ4n) is 3.19. The number of carbonyl (C=O) groups excluding carboxylic acids is 1. The Morgan fingerprint density at radius 3 is 2.53 bits per heavy atom. The van der Waals surface area contributed by atoms with Crippen LogP contribution in [0.4, 0.5) is 5.69 Å². The lowest BCUT2D eigenvalue weighted by atomic mass is 9.99. The second-order valence-electron chi connectivity index (χ2n) is 6.73. The smallest absolute Gasteiger partial charge is 0.355 e. The molecule has 11 heteroatoms. The summed E-state index contributed by atoms with van der Waals surface area (Å²) >= 11 is 12.4. The van der Waals surface area contributed by atoms with Crippen LogP contribution in [0, 0.1) is 0 Å². The summed E-state index contributed by atoms with van der Waals surface area (Å²) in [5.74, 6) is -2.06. The number of aliphatic carboxylic acids is 1. The molecule has 0 aliphatic rings. The molecule has 3 N–H and O–H groups in total. The van der Waals surface area contributed by atoms with Crippen LogP contribution in [0.15, 0.2) is 36.4 Å². The number of ether oxygens (including phenoxy) is 1. The Bertz CT molecular complexity index is 1360. The SMILES string of the molecule is CCOC(=O)c1[nH]c2cc(Cl)cc(Cl)c2c1/C=C(\C(=O)O)c1ccccc1NS(C)(=O)=O. The number of carbonyl (C=O) groups is 2. The molecule has 1 aromatic heterocycles. The average molecular weight is 497 g/mol. The first-order chi connectivity index (χ1) is 15.0. The van der Waals surface area contributed by atoms with Gasteiger partial charge in [-0.05, 0) is 31.2 Å². The zero-order chi connectivity index (χ0) is 23.6. The van der Waals surface area contributed by atoms with Crippen LogP contribution in [0.2, 0.25) is 10.0 Å². The third-order valence-electron chi connectivity index (χ3n) is 4.36. The maximum absolute atomic E-state index is 12.6. The Kier molecular flexibility index (Phi) is 6.82. The van der Waals surface area contributed by atoms with E-state index in [1.807, 2.05) is 0 Å². The van der Waals surface area contributed by atoms with Crippen molar-refractivity contribution in [1.82, 2.24) is 4.98 Å². The topological polar surface area (TPSA) is 126 Å². The molecule has 32 heavy (non-hydrogen) atoms. The molecular weight excluding hydrogens is 479 g/mol. The van der Waals surface area contributed by atoms with Crippen LogP contribution in [0.5, 0.6) is 0 Å². The number of H-pyrrole nitrogens is 1. The molecule has 0 bridgehead atoms. The minimum absolute atomic E-state index is 0.0154. The highest BCUT2D eigenvalue weighted by atomic mass is 35.5. The summed E-state index contributed by atoms with van der Waals surface area (Å²) in [5, 5.41) is 10.8. The first kappa shape index (κ1) is 23.6. The third kappa shape index (κ3) is 5.07. The molecular formula is C21H18Cl2N2O6S. The third-order valence-corrected chi connectivity index (χ3v) is 5.47. The van der Waals surface area contributed by atoms with Crippen molar-refractivity contribution in [3.63, 3.8) is 0 Å². The Morgan fingerprint density at radius 1 is 1.22 bits per heavy atom. The molecule has 3 rings (SSSR count). The monoisotopic (exact) mass is 496 g/mol. The van der Waals surface area contributed by atoms with Gasteiger partial charge in [-0.25, -0.2) is 18.0 Å². The van der Waals surface area contributed by atoms with Crippen LogP contribution >= 0.6 is 23.2 Å². The van der Waals surface area contributed by atoms with Crippen molar-refractivity contribution in [2.45, 2.75) is 6.92 Å². The average Bonchev–Trinajstić information content (AvgIpc) is 3.04. The van der Waals surface area contributed by atoms with Crippen LogP contribution in [-0.2, 0) is 19.6 Å². The molecule has 0 aliphatic carbocycles. The lowest BCUT2D eigenvalue weighted by molar-refractivity contribution is -0.130. The van der Waals surface area contributed by atoms with Gasteiger partial charge in [0.05, 0.1) is 29.1 Å². The zero-order valence-electron chi connectivity index (χ0n) is 16.9. The summed E-state index contributed by atoms with van der Waals surface area (Å²) in [6.45, 7) is 1.73. The predicted molar refractivity (Wildman–Crippen MR) is 125 cm³/mol. The standard InChI is InChI=1S/C21H18Cl2N2O6S/c1-3-31-21(28)19-14(18-15(23)8-11(22)9-17(18)24-19)10-13(20(26)27)12-6-4-5-7-16(12)25-32(2,29)30/h4-10,24-25H,3H2,1-2H3,(H,26,27)/b13-10-. The maximum Gasteiger partial charge on any atom is 0.355 e. The highest BCUT2D eigenvalue weighted by molar-refractivity contribution is 7.92. The summed E-state index contributed by atoms with van der Waals surface area (Å²) in [6, 6.07) is 9.01. The van der Waals surface area contributed by atoms with E-state index in [0.717, 1.165) is 6.26 Å². The number of esters is 1. The molecule has 0 saturated carbocycles. The Balaban J connectivity index is 2.34. The molecule has 0 saturated heterocycles. The number of para-hydroxylation sites is 1. The molecule has 0 unspecified atom stereocenters. The van der Waals surface area contributed by atoms with Gasteiger partial charge in [0.1, 0.15) is 5.69 Å². The van der Waals surface area contributed by atoms with Crippen LogP contribution in [0.1, 0.15) is 28.5 Å². The van der Waals surface area contributed by atoms with E-state index in [1.54, 1.807) is 25.1 Å². The van der Waals surface area contributed by atoms with Crippen molar-refractivity contribution in [3.05, 3.63) is 63.3 Å². The van der Waals surface area contributed by atoms with Crippen molar-refractivity contribution >= 4 is 73.4 Å². The summed E-state index contributed by atoms with van der Waals surface area (Å²) in [4.78, 5) is 27.7. The van der Waals surface area contributed by atoms with Crippen molar-refractivity contribution in [1.29, 1.82) is 0 Å². The number of hydrogen-bond donors (Lipinski definition) is 3. The largest absolute Gasteiger partial charge is 0.478 e. The molecule has 0 aliphatic heterocycles. The molecule has 0 radical (unpaired) electrons. The van der Waals surface area contributed by atoms with Gasteiger partial charge >= 0.3 is 11.9 Å². The number of aromatic amines is 1. The first-order valence-corrected chi connectivity index (χ1v) is 11.9. The van der Waals surface area contributed by atoms with E-state index < -0.39 is 22.0 Å². The molecule has 168 valence electrons. The second kappa shape index (κ2) is 9.23. The van der Waals surface area contributed by atoms with Gasteiger partial charge in [0.25, 0.3) is 0 Å². The number of carboxylic acids is 1. The molecule has 1 heterocycles. The zero-order valence-corrected chi connectivity index (χ0v) is 19.2. The lowest BCUT2D eigenvalue weighted by Gasteiger charge is -2.12. The number of aromatic nitrogens is 1. The summed E-state index contributed by atoms with van der Waals surface area (Å²) < 4.78 is 30.9. The molecule has 0 atom stereocenters. The van der Waals surface area contributed by atoms with Crippen molar-refractivity contribution in [2.75, 3.05) is 17.6 Å². The molecule has 0 amide bonds. The molecule has 3 aromatic rings. The number of halogens is 2. The predicted octanol–water partition coefficient (Wildman–Crippen LogP) is 4.65. The Labute approximate surface area is 193 Å². The minimum Gasteiger partial charge on any atom is -0.478 e.